The van der Waals surface area contributed by atoms with Crippen molar-refractivity contribution in [2.24, 2.45) is 5.92 Å². The second-order valence-electron chi connectivity index (χ2n) is 5.31. The van der Waals surface area contributed by atoms with E-state index in [0.717, 1.165) is 18.8 Å². The van der Waals surface area contributed by atoms with Gasteiger partial charge in [-0.1, -0.05) is 42.7 Å². The molecule has 15 heavy (non-hydrogen) atoms. The minimum Gasteiger partial charge on any atom is -0.390 e. The first-order chi connectivity index (χ1) is 7.05. The third-order valence-corrected chi connectivity index (χ3v) is 3.09. The first-order valence-electron chi connectivity index (χ1n) is 5.83. The van der Waals surface area contributed by atoms with Crippen LogP contribution in [0.2, 0.25) is 0 Å². The number of hydrogen-bond acceptors (Lipinski definition) is 1. The first-order valence-corrected chi connectivity index (χ1v) is 5.83. The zero-order valence-corrected chi connectivity index (χ0v) is 9.66. The van der Waals surface area contributed by atoms with Crippen LogP contribution >= 0.6 is 0 Å². The third kappa shape index (κ3) is 3.35. The van der Waals surface area contributed by atoms with Crippen LogP contribution in [0.15, 0.2) is 24.3 Å². The fourth-order valence-electron chi connectivity index (χ4n) is 2.28. The van der Waals surface area contributed by atoms with E-state index in [1.807, 2.05) is 6.92 Å². The monoisotopic (exact) mass is 204 g/mol. The molecule has 82 valence electrons. The molecular weight excluding hydrogens is 184 g/mol. The average Bonchev–Trinajstić information content (AvgIpc) is 2.86. The molecule has 0 spiro atoms. The van der Waals surface area contributed by atoms with Gasteiger partial charge >= 0.3 is 0 Å². The van der Waals surface area contributed by atoms with Crippen LogP contribution in [0.5, 0.6) is 0 Å². The fraction of sp³-hybridized carbons (Fsp3) is 0.571. The highest BCUT2D eigenvalue weighted by Gasteiger charge is 2.31. The van der Waals surface area contributed by atoms with Crippen LogP contribution < -0.4 is 0 Å². The molecule has 1 unspecified atom stereocenters. The molecule has 0 aliphatic heterocycles. The largest absolute Gasteiger partial charge is 0.390 e. The molecule has 1 N–H and O–H groups in total. The molecule has 0 heterocycles. The Balaban J connectivity index is 1.99. The zero-order valence-electron chi connectivity index (χ0n) is 9.66. The lowest BCUT2D eigenvalue weighted by Gasteiger charge is -2.23. The van der Waals surface area contributed by atoms with Gasteiger partial charge in [-0.05, 0) is 31.7 Å². The van der Waals surface area contributed by atoms with Crippen molar-refractivity contribution in [2.75, 3.05) is 0 Å². The summed E-state index contributed by atoms with van der Waals surface area (Å²) in [7, 11) is 0. The SMILES string of the molecule is Cc1cccc(CC(C)(O)CC2CC2)c1. The van der Waals surface area contributed by atoms with E-state index in [1.165, 1.54) is 24.0 Å². The van der Waals surface area contributed by atoms with Gasteiger partial charge in [0.1, 0.15) is 0 Å². The van der Waals surface area contributed by atoms with Crippen molar-refractivity contribution in [3.8, 4) is 0 Å². The summed E-state index contributed by atoms with van der Waals surface area (Å²) in [5, 5.41) is 10.3. The van der Waals surface area contributed by atoms with Gasteiger partial charge in [0.2, 0.25) is 0 Å². The van der Waals surface area contributed by atoms with Crippen molar-refractivity contribution in [3.05, 3.63) is 35.4 Å². The standard InChI is InChI=1S/C14H20O/c1-11-4-3-5-13(8-11)10-14(2,15)9-12-6-7-12/h3-5,8,12,15H,6-7,9-10H2,1-2H3. The van der Waals surface area contributed by atoms with Crippen molar-refractivity contribution in [3.63, 3.8) is 0 Å². The summed E-state index contributed by atoms with van der Waals surface area (Å²) in [5.41, 5.74) is 2.00. The average molecular weight is 204 g/mol. The molecule has 0 saturated heterocycles. The quantitative estimate of drug-likeness (QED) is 0.799. The number of benzene rings is 1. The molecule has 1 nitrogen and oxygen atoms in total. The van der Waals surface area contributed by atoms with Crippen molar-refractivity contribution in [2.45, 2.75) is 45.1 Å². The van der Waals surface area contributed by atoms with Gasteiger partial charge < -0.3 is 5.11 Å². The Bertz CT molecular complexity index is 337. The first kappa shape index (κ1) is 10.7. The van der Waals surface area contributed by atoms with Crippen LogP contribution in [-0.4, -0.2) is 10.7 Å². The van der Waals surface area contributed by atoms with E-state index in [4.69, 9.17) is 0 Å². The minimum absolute atomic E-state index is 0.519. The van der Waals surface area contributed by atoms with Gasteiger partial charge in [-0.25, -0.2) is 0 Å². The van der Waals surface area contributed by atoms with E-state index < -0.39 is 5.60 Å². The summed E-state index contributed by atoms with van der Waals surface area (Å²) in [6, 6.07) is 8.44. The molecule has 0 amide bonds. The summed E-state index contributed by atoms with van der Waals surface area (Å²) in [5.74, 6) is 0.782. The van der Waals surface area contributed by atoms with E-state index >= 15 is 0 Å². The normalized spacial score (nSPS) is 19.9. The number of hydrogen-bond donors (Lipinski definition) is 1. The lowest BCUT2D eigenvalue weighted by Crippen LogP contribution is -2.27. The molecule has 1 aromatic rings. The van der Waals surface area contributed by atoms with Crippen LogP contribution in [0.3, 0.4) is 0 Å². The summed E-state index contributed by atoms with van der Waals surface area (Å²) in [4.78, 5) is 0. The maximum atomic E-state index is 10.3. The van der Waals surface area contributed by atoms with Gasteiger partial charge in [0.05, 0.1) is 5.60 Å². The smallest absolute Gasteiger partial charge is 0.0662 e. The molecule has 1 saturated carbocycles. The molecule has 0 aromatic heterocycles. The van der Waals surface area contributed by atoms with E-state index in [0.29, 0.717) is 0 Å². The molecule has 1 fully saturated rings. The maximum Gasteiger partial charge on any atom is 0.0662 e. The fourth-order valence-corrected chi connectivity index (χ4v) is 2.28. The van der Waals surface area contributed by atoms with E-state index in [-0.39, 0.29) is 0 Å². The topological polar surface area (TPSA) is 20.2 Å². The minimum atomic E-state index is -0.519. The predicted octanol–water partition coefficient (Wildman–Crippen LogP) is 3.09. The van der Waals surface area contributed by atoms with Crippen LogP contribution in [0.4, 0.5) is 0 Å². The van der Waals surface area contributed by atoms with Gasteiger partial charge in [0.15, 0.2) is 0 Å². The van der Waals surface area contributed by atoms with Crippen molar-refractivity contribution >= 4 is 0 Å². The highest BCUT2D eigenvalue weighted by molar-refractivity contribution is 5.23. The van der Waals surface area contributed by atoms with Gasteiger partial charge in [0.25, 0.3) is 0 Å². The summed E-state index contributed by atoms with van der Waals surface area (Å²) in [6.07, 6.45) is 4.36. The van der Waals surface area contributed by atoms with E-state index in [1.54, 1.807) is 0 Å². The van der Waals surface area contributed by atoms with Gasteiger partial charge in [-0.15, -0.1) is 0 Å². The molecule has 0 radical (unpaired) electrons. The van der Waals surface area contributed by atoms with E-state index in [2.05, 4.69) is 31.2 Å². The van der Waals surface area contributed by atoms with Gasteiger partial charge in [-0.3, -0.25) is 0 Å². The molecule has 0 bridgehead atoms. The number of aliphatic hydroxyl groups is 1. The molecule has 1 aliphatic carbocycles. The molecule has 1 aromatic carbocycles. The van der Waals surface area contributed by atoms with Crippen molar-refractivity contribution in [1.82, 2.24) is 0 Å². The van der Waals surface area contributed by atoms with Crippen LogP contribution in [0, 0.1) is 12.8 Å². The molecule has 2 rings (SSSR count). The highest BCUT2D eigenvalue weighted by atomic mass is 16.3. The van der Waals surface area contributed by atoms with E-state index in [9.17, 15) is 5.11 Å². The number of aryl methyl sites for hydroxylation is 1. The zero-order chi connectivity index (χ0) is 10.9. The Morgan fingerprint density at radius 3 is 2.73 bits per heavy atom. The lowest BCUT2D eigenvalue weighted by molar-refractivity contribution is 0.0455. The van der Waals surface area contributed by atoms with Gasteiger partial charge in [-0.2, -0.15) is 0 Å². The summed E-state index contributed by atoms with van der Waals surface area (Å²) >= 11 is 0. The summed E-state index contributed by atoms with van der Waals surface area (Å²) < 4.78 is 0. The second-order valence-corrected chi connectivity index (χ2v) is 5.31. The summed E-state index contributed by atoms with van der Waals surface area (Å²) in [6.45, 7) is 4.06. The third-order valence-electron chi connectivity index (χ3n) is 3.09. The Hall–Kier alpha value is -0.820. The molecule has 1 aliphatic rings. The lowest BCUT2D eigenvalue weighted by atomic mass is 9.91. The van der Waals surface area contributed by atoms with Crippen LogP contribution in [0.25, 0.3) is 0 Å². The number of rotatable bonds is 4. The second kappa shape index (κ2) is 3.97. The van der Waals surface area contributed by atoms with Crippen molar-refractivity contribution < 1.29 is 5.11 Å². The molecule has 1 atom stereocenters. The Morgan fingerprint density at radius 1 is 1.40 bits per heavy atom. The highest BCUT2D eigenvalue weighted by Crippen LogP contribution is 2.37. The molecule has 1 heteroatoms. The van der Waals surface area contributed by atoms with Crippen LogP contribution in [0.1, 0.15) is 37.3 Å². The predicted molar refractivity (Wildman–Crippen MR) is 62.8 cm³/mol. The molecular formula is C14H20O. The van der Waals surface area contributed by atoms with Crippen molar-refractivity contribution in [1.29, 1.82) is 0 Å². The maximum absolute atomic E-state index is 10.3. The van der Waals surface area contributed by atoms with Crippen LogP contribution in [-0.2, 0) is 6.42 Å². The Kier molecular flexibility index (Phi) is 2.83. The Morgan fingerprint density at radius 2 is 2.13 bits per heavy atom. The van der Waals surface area contributed by atoms with Gasteiger partial charge in [0, 0.05) is 6.42 Å². The Labute approximate surface area is 92.1 Å².